The van der Waals surface area contributed by atoms with Crippen molar-refractivity contribution < 1.29 is 0 Å². The maximum absolute atomic E-state index is 3.71. The molecule has 1 aliphatic heterocycles. The van der Waals surface area contributed by atoms with E-state index < -0.39 is 0 Å². The predicted octanol–water partition coefficient (Wildman–Crippen LogP) is 6.25. The first-order valence-electron chi connectivity index (χ1n) is 11.5. The minimum atomic E-state index is 0.605. The van der Waals surface area contributed by atoms with Crippen LogP contribution in [0, 0.1) is 0 Å². The van der Waals surface area contributed by atoms with Crippen molar-refractivity contribution in [1.82, 2.24) is 5.32 Å². The minimum Gasteiger partial charge on any atom is -0.368 e. The van der Waals surface area contributed by atoms with E-state index in [0.717, 1.165) is 6.54 Å². The highest BCUT2D eigenvalue weighted by molar-refractivity contribution is 5.49. The van der Waals surface area contributed by atoms with Crippen LogP contribution in [-0.2, 0) is 12.8 Å². The van der Waals surface area contributed by atoms with Crippen LogP contribution in [0.4, 0.5) is 5.69 Å². The number of rotatable bonds is 5. The van der Waals surface area contributed by atoms with Gasteiger partial charge in [0.15, 0.2) is 0 Å². The van der Waals surface area contributed by atoms with Gasteiger partial charge in [-0.25, -0.2) is 0 Å². The van der Waals surface area contributed by atoms with Gasteiger partial charge in [-0.15, -0.1) is 0 Å². The third kappa shape index (κ3) is 6.10. The summed E-state index contributed by atoms with van der Waals surface area (Å²) >= 11 is 0. The van der Waals surface area contributed by atoms with Crippen LogP contribution in [0.2, 0.25) is 0 Å². The Morgan fingerprint density at radius 3 is 2.00 bits per heavy atom. The van der Waals surface area contributed by atoms with Crippen molar-refractivity contribution in [3.63, 3.8) is 0 Å². The first-order chi connectivity index (χ1) is 13.9. The zero-order chi connectivity index (χ0) is 20.2. The number of fused-ring (bicyclic) bond motifs is 1. The van der Waals surface area contributed by atoms with Gasteiger partial charge in [0.05, 0.1) is 0 Å². The summed E-state index contributed by atoms with van der Waals surface area (Å²) in [6, 6.07) is 21.3. The van der Waals surface area contributed by atoms with Gasteiger partial charge in [0, 0.05) is 24.3 Å². The van der Waals surface area contributed by atoms with E-state index in [1.54, 1.807) is 11.1 Å². The molecule has 2 aromatic carbocycles. The molecule has 28 heavy (non-hydrogen) atoms. The molecule has 0 bridgehead atoms. The lowest BCUT2D eigenvalue weighted by atomic mass is 10.0. The van der Waals surface area contributed by atoms with Crippen molar-refractivity contribution in [2.45, 2.75) is 78.3 Å². The second kappa shape index (κ2) is 12.6. The lowest BCUT2D eigenvalue weighted by molar-refractivity contribution is 0.379. The summed E-state index contributed by atoms with van der Waals surface area (Å²) < 4.78 is 0. The molecule has 0 spiro atoms. The van der Waals surface area contributed by atoms with Crippen molar-refractivity contribution >= 4 is 5.69 Å². The van der Waals surface area contributed by atoms with Crippen LogP contribution in [-0.4, -0.2) is 25.2 Å². The maximum Gasteiger partial charge on any atom is 0.0370 e. The third-order valence-electron chi connectivity index (χ3n) is 5.69. The SMILES string of the molecule is CC.CC.c1ccc(N(CCC2CCCCN2)C2Cc3ccccc3C2)cc1. The quantitative estimate of drug-likeness (QED) is 0.660. The molecular weight excluding hydrogens is 340 g/mol. The summed E-state index contributed by atoms with van der Waals surface area (Å²) in [6.45, 7) is 10.4. The van der Waals surface area contributed by atoms with Gasteiger partial charge in [-0.3, -0.25) is 0 Å². The Morgan fingerprint density at radius 2 is 1.43 bits per heavy atom. The number of anilines is 1. The van der Waals surface area contributed by atoms with E-state index in [1.165, 1.54) is 50.8 Å². The third-order valence-corrected chi connectivity index (χ3v) is 5.69. The molecule has 4 rings (SSSR count). The van der Waals surface area contributed by atoms with Crippen LogP contribution in [0.25, 0.3) is 0 Å². The van der Waals surface area contributed by atoms with Crippen molar-refractivity contribution in [3.05, 3.63) is 65.7 Å². The monoisotopic (exact) mass is 380 g/mol. The first-order valence-corrected chi connectivity index (χ1v) is 11.5. The van der Waals surface area contributed by atoms with E-state index in [-0.39, 0.29) is 0 Å². The number of hydrogen-bond acceptors (Lipinski definition) is 2. The molecule has 0 radical (unpaired) electrons. The van der Waals surface area contributed by atoms with E-state index in [4.69, 9.17) is 0 Å². The highest BCUT2D eigenvalue weighted by Gasteiger charge is 2.27. The average molecular weight is 381 g/mol. The van der Waals surface area contributed by atoms with Crippen molar-refractivity contribution in [1.29, 1.82) is 0 Å². The van der Waals surface area contributed by atoms with Crippen LogP contribution in [0.15, 0.2) is 54.6 Å². The second-order valence-corrected chi connectivity index (χ2v) is 7.30. The van der Waals surface area contributed by atoms with E-state index in [1.807, 2.05) is 27.7 Å². The lowest BCUT2D eigenvalue weighted by Crippen LogP contribution is -2.41. The van der Waals surface area contributed by atoms with Crippen molar-refractivity contribution in [2.75, 3.05) is 18.0 Å². The minimum absolute atomic E-state index is 0.605. The molecule has 1 saturated heterocycles. The highest BCUT2D eigenvalue weighted by atomic mass is 15.2. The Morgan fingerprint density at radius 1 is 0.821 bits per heavy atom. The van der Waals surface area contributed by atoms with Gasteiger partial charge in [-0.2, -0.15) is 0 Å². The number of piperidine rings is 1. The summed E-state index contributed by atoms with van der Waals surface area (Å²) in [5, 5.41) is 3.71. The summed E-state index contributed by atoms with van der Waals surface area (Å²) in [5.74, 6) is 0. The predicted molar refractivity (Wildman–Crippen MR) is 124 cm³/mol. The Balaban J connectivity index is 0.000000660. The molecule has 1 fully saturated rings. The molecule has 2 heteroatoms. The summed E-state index contributed by atoms with van der Waals surface area (Å²) in [5.41, 5.74) is 4.46. The number of hydrogen-bond donors (Lipinski definition) is 1. The fraction of sp³-hybridized carbons (Fsp3) is 0.538. The Bertz CT molecular complexity index is 621. The van der Waals surface area contributed by atoms with Crippen LogP contribution in [0.5, 0.6) is 0 Å². The molecule has 1 aliphatic carbocycles. The number of benzene rings is 2. The molecule has 1 atom stereocenters. The summed E-state index contributed by atoms with van der Waals surface area (Å²) in [4.78, 5) is 2.66. The van der Waals surface area contributed by atoms with Crippen LogP contribution in [0.3, 0.4) is 0 Å². The molecule has 1 heterocycles. The smallest absolute Gasteiger partial charge is 0.0370 e. The molecular formula is C26H40N2. The topological polar surface area (TPSA) is 15.3 Å². The van der Waals surface area contributed by atoms with Crippen LogP contribution >= 0.6 is 0 Å². The Labute approximate surface area is 173 Å². The normalized spacial score (nSPS) is 18.2. The molecule has 0 saturated carbocycles. The number of para-hydroxylation sites is 1. The molecule has 0 aromatic heterocycles. The van der Waals surface area contributed by atoms with Gasteiger partial charge in [-0.05, 0) is 61.9 Å². The highest BCUT2D eigenvalue weighted by Crippen LogP contribution is 2.29. The van der Waals surface area contributed by atoms with Gasteiger partial charge >= 0.3 is 0 Å². The van der Waals surface area contributed by atoms with Gasteiger partial charge in [0.2, 0.25) is 0 Å². The molecule has 1 N–H and O–H groups in total. The van der Waals surface area contributed by atoms with Crippen molar-refractivity contribution in [3.8, 4) is 0 Å². The Kier molecular flexibility index (Phi) is 10.1. The van der Waals surface area contributed by atoms with Crippen LogP contribution in [0.1, 0.15) is 64.5 Å². The molecule has 1 unspecified atom stereocenters. The fourth-order valence-electron chi connectivity index (χ4n) is 4.36. The van der Waals surface area contributed by atoms with Crippen molar-refractivity contribution in [2.24, 2.45) is 0 Å². The Hall–Kier alpha value is -1.80. The van der Waals surface area contributed by atoms with E-state index >= 15 is 0 Å². The number of nitrogens with one attached hydrogen (secondary N) is 1. The molecule has 2 aliphatic rings. The van der Waals surface area contributed by atoms with Gasteiger partial charge in [-0.1, -0.05) is 76.6 Å². The average Bonchev–Trinajstić information content (AvgIpc) is 3.22. The lowest BCUT2D eigenvalue weighted by Gasteiger charge is -2.33. The van der Waals surface area contributed by atoms with E-state index in [0.29, 0.717) is 12.1 Å². The van der Waals surface area contributed by atoms with E-state index in [9.17, 15) is 0 Å². The zero-order valence-corrected chi connectivity index (χ0v) is 18.5. The zero-order valence-electron chi connectivity index (χ0n) is 18.5. The largest absolute Gasteiger partial charge is 0.368 e. The molecule has 2 nitrogen and oxygen atoms in total. The second-order valence-electron chi connectivity index (χ2n) is 7.30. The standard InChI is InChI=1S/C22H28N2.2C2H6/c1-2-11-21(12-3-1)24(15-13-20-10-6-7-14-23-20)22-16-18-8-4-5-9-19(18)17-22;2*1-2/h1-5,8-9,11-12,20,22-23H,6-7,10,13-17H2;2*1-2H3. The van der Waals surface area contributed by atoms with Gasteiger partial charge in [0.1, 0.15) is 0 Å². The molecule has 2 aromatic rings. The molecule has 154 valence electrons. The summed E-state index contributed by atoms with van der Waals surface area (Å²) in [7, 11) is 0. The molecule has 0 amide bonds. The summed E-state index contributed by atoms with van der Waals surface area (Å²) in [6.07, 6.45) is 7.69. The van der Waals surface area contributed by atoms with Gasteiger partial charge < -0.3 is 10.2 Å². The van der Waals surface area contributed by atoms with E-state index in [2.05, 4.69) is 64.8 Å². The first kappa shape index (κ1) is 22.5. The number of nitrogens with zero attached hydrogens (tertiary/aromatic N) is 1. The van der Waals surface area contributed by atoms with Gasteiger partial charge in [0.25, 0.3) is 0 Å². The van der Waals surface area contributed by atoms with Crippen LogP contribution < -0.4 is 10.2 Å². The fourth-order valence-corrected chi connectivity index (χ4v) is 4.36. The maximum atomic E-state index is 3.71.